The number of nitrogens with one attached hydrogen (secondary N) is 1. The van der Waals surface area contributed by atoms with E-state index in [4.69, 9.17) is 0 Å². The molecule has 1 fully saturated rings. The first-order valence-electron chi connectivity index (χ1n) is 6.24. The SMILES string of the molecule is CNCC(=O)N(CCN(C)C)C1CCCC1.Cl. The van der Waals surface area contributed by atoms with E-state index in [1.165, 1.54) is 25.7 Å². The van der Waals surface area contributed by atoms with Gasteiger partial charge in [0.2, 0.25) is 5.91 Å². The van der Waals surface area contributed by atoms with Gasteiger partial charge in [0.15, 0.2) is 0 Å². The number of hydrogen-bond acceptors (Lipinski definition) is 3. The number of carbonyl (C=O) groups is 1. The maximum Gasteiger partial charge on any atom is 0.236 e. The maximum absolute atomic E-state index is 12.0. The van der Waals surface area contributed by atoms with Gasteiger partial charge in [-0.15, -0.1) is 12.4 Å². The summed E-state index contributed by atoms with van der Waals surface area (Å²) in [6.45, 7) is 2.27. The minimum atomic E-state index is 0. The third-order valence-corrected chi connectivity index (χ3v) is 3.20. The minimum Gasteiger partial charge on any atom is -0.337 e. The van der Waals surface area contributed by atoms with Crippen LogP contribution in [-0.2, 0) is 4.79 Å². The molecule has 0 atom stereocenters. The van der Waals surface area contributed by atoms with Crippen LogP contribution < -0.4 is 5.32 Å². The van der Waals surface area contributed by atoms with Crippen LogP contribution in [-0.4, -0.2) is 62.5 Å². The summed E-state index contributed by atoms with van der Waals surface area (Å²) in [6, 6.07) is 0.487. The van der Waals surface area contributed by atoms with Crippen molar-refractivity contribution in [1.29, 1.82) is 0 Å². The van der Waals surface area contributed by atoms with Crippen LogP contribution in [0.2, 0.25) is 0 Å². The largest absolute Gasteiger partial charge is 0.337 e. The lowest BCUT2D eigenvalue weighted by Gasteiger charge is -2.30. The molecule has 1 rings (SSSR count). The summed E-state index contributed by atoms with van der Waals surface area (Å²) in [4.78, 5) is 16.2. The van der Waals surface area contributed by atoms with Gasteiger partial charge in [-0.3, -0.25) is 4.79 Å². The Labute approximate surface area is 111 Å². The van der Waals surface area contributed by atoms with Crippen LogP contribution in [0.15, 0.2) is 0 Å². The number of halogens is 1. The van der Waals surface area contributed by atoms with E-state index in [-0.39, 0.29) is 18.3 Å². The van der Waals surface area contributed by atoms with E-state index < -0.39 is 0 Å². The minimum absolute atomic E-state index is 0. The van der Waals surface area contributed by atoms with Gasteiger partial charge < -0.3 is 15.1 Å². The quantitative estimate of drug-likeness (QED) is 0.776. The second kappa shape index (κ2) is 8.72. The van der Waals surface area contributed by atoms with Crippen molar-refractivity contribution in [2.75, 3.05) is 40.8 Å². The molecular weight excluding hydrogens is 238 g/mol. The van der Waals surface area contributed by atoms with Gasteiger partial charge in [-0.25, -0.2) is 0 Å². The molecule has 4 nitrogen and oxygen atoms in total. The Morgan fingerprint density at radius 1 is 1.24 bits per heavy atom. The summed E-state index contributed by atoms with van der Waals surface area (Å²) < 4.78 is 0. The lowest BCUT2D eigenvalue weighted by atomic mass is 10.2. The molecule has 0 aromatic carbocycles. The van der Waals surface area contributed by atoms with E-state index in [0.29, 0.717) is 12.6 Å². The Bertz CT molecular complexity index is 218. The van der Waals surface area contributed by atoms with Crippen LogP contribution >= 0.6 is 12.4 Å². The Kier molecular flexibility index (Phi) is 8.56. The van der Waals surface area contributed by atoms with E-state index >= 15 is 0 Å². The topological polar surface area (TPSA) is 35.6 Å². The zero-order valence-electron chi connectivity index (χ0n) is 11.2. The molecule has 1 aliphatic rings. The zero-order valence-corrected chi connectivity index (χ0v) is 12.1. The van der Waals surface area contributed by atoms with Gasteiger partial charge >= 0.3 is 0 Å². The Morgan fingerprint density at radius 3 is 2.29 bits per heavy atom. The molecule has 0 spiro atoms. The molecule has 102 valence electrons. The first-order chi connectivity index (χ1) is 7.65. The highest BCUT2D eigenvalue weighted by molar-refractivity contribution is 5.85. The van der Waals surface area contributed by atoms with Crippen LogP contribution in [0.25, 0.3) is 0 Å². The van der Waals surface area contributed by atoms with Crippen molar-refractivity contribution in [2.24, 2.45) is 0 Å². The highest BCUT2D eigenvalue weighted by atomic mass is 35.5. The molecule has 0 heterocycles. The predicted molar refractivity (Wildman–Crippen MR) is 73.7 cm³/mol. The van der Waals surface area contributed by atoms with Crippen molar-refractivity contribution in [3.63, 3.8) is 0 Å². The second-order valence-electron chi connectivity index (χ2n) is 4.86. The summed E-state index contributed by atoms with van der Waals surface area (Å²) >= 11 is 0. The average molecular weight is 264 g/mol. The van der Waals surface area contributed by atoms with Crippen LogP contribution in [0.1, 0.15) is 25.7 Å². The van der Waals surface area contributed by atoms with Gasteiger partial charge in [-0.2, -0.15) is 0 Å². The number of carbonyl (C=O) groups excluding carboxylic acids is 1. The highest BCUT2D eigenvalue weighted by Crippen LogP contribution is 2.23. The van der Waals surface area contributed by atoms with Crippen molar-refractivity contribution in [2.45, 2.75) is 31.7 Å². The molecule has 0 aromatic heterocycles. The number of nitrogens with zero attached hydrogens (tertiary/aromatic N) is 2. The standard InChI is InChI=1S/C12H25N3O.ClH/c1-13-10-12(16)15(9-8-14(2)3)11-6-4-5-7-11;/h11,13H,4-10H2,1-3H3;1H. The molecule has 0 aliphatic heterocycles. The fraction of sp³-hybridized carbons (Fsp3) is 0.917. The molecule has 0 aromatic rings. The lowest BCUT2D eigenvalue weighted by Crippen LogP contribution is -2.45. The van der Waals surface area contributed by atoms with Crippen LogP contribution in [0.4, 0.5) is 0 Å². The van der Waals surface area contributed by atoms with Crippen molar-refractivity contribution in [3.05, 3.63) is 0 Å². The number of likely N-dealkylation sites (N-methyl/N-ethyl adjacent to an activating group) is 2. The third-order valence-electron chi connectivity index (χ3n) is 3.20. The third kappa shape index (κ3) is 5.70. The monoisotopic (exact) mass is 263 g/mol. The van der Waals surface area contributed by atoms with E-state index in [1.807, 2.05) is 7.05 Å². The number of rotatable bonds is 6. The smallest absolute Gasteiger partial charge is 0.236 e. The Balaban J connectivity index is 0.00000256. The van der Waals surface area contributed by atoms with Gasteiger partial charge in [0.25, 0.3) is 0 Å². The molecule has 0 saturated heterocycles. The van der Waals surface area contributed by atoms with Crippen molar-refractivity contribution < 1.29 is 4.79 Å². The first kappa shape index (κ1) is 16.7. The van der Waals surface area contributed by atoms with Gasteiger partial charge in [0.05, 0.1) is 6.54 Å². The molecule has 0 radical (unpaired) electrons. The maximum atomic E-state index is 12.0. The summed E-state index contributed by atoms with van der Waals surface area (Å²) in [5.74, 6) is 0.247. The lowest BCUT2D eigenvalue weighted by molar-refractivity contribution is -0.132. The molecule has 1 amide bonds. The number of hydrogen-bond donors (Lipinski definition) is 1. The fourth-order valence-electron chi connectivity index (χ4n) is 2.29. The molecule has 1 aliphatic carbocycles. The highest BCUT2D eigenvalue weighted by Gasteiger charge is 2.25. The molecular formula is C12H26ClN3O. The normalized spacial score (nSPS) is 16.0. The number of amides is 1. The fourth-order valence-corrected chi connectivity index (χ4v) is 2.29. The second-order valence-corrected chi connectivity index (χ2v) is 4.86. The Morgan fingerprint density at radius 2 is 1.82 bits per heavy atom. The van der Waals surface area contributed by atoms with E-state index in [0.717, 1.165) is 13.1 Å². The van der Waals surface area contributed by atoms with Gasteiger partial charge in [0.1, 0.15) is 0 Å². The van der Waals surface area contributed by atoms with E-state index in [1.54, 1.807) is 0 Å². The van der Waals surface area contributed by atoms with Gasteiger partial charge in [-0.1, -0.05) is 12.8 Å². The average Bonchev–Trinajstić information content (AvgIpc) is 2.71. The molecule has 1 saturated carbocycles. The first-order valence-corrected chi connectivity index (χ1v) is 6.24. The van der Waals surface area contributed by atoms with E-state index in [2.05, 4.69) is 29.2 Å². The molecule has 17 heavy (non-hydrogen) atoms. The predicted octanol–water partition coefficient (Wildman–Crippen LogP) is 0.960. The zero-order chi connectivity index (χ0) is 12.0. The van der Waals surface area contributed by atoms with Crippen molar-refractivity contribution in [1.82, 2.24) is 15.1 Å². The summed E-state index contributed by atoms with van der Waals surface area (Å²) in [5.41, 5.74) is 0. The summed E-state index contributed by atoms with van der Waals surface area (Å²) in [6.07, 6.45) is 4.91. The molecule has 0 unspecified atom stereocenters. The summed E-state index contributed by atoms with van der Waals surface area (Å²) in [7, 11) is 5.93. The molecule has 5 heteroatoms. The van der Waals surface area contributed by atoms with E-state index in [9.17, 15) is 4.79 Å². The molecule has 0 bridgehead atoms. The van der Waals surface area contributed by atoms with Crippen LogP contribution in [0, 0.1) is 0 Å². The molecule has 1 N–H and O–H groups in total. The van der Waals surface area contributed by atoms with Crippen LogP contribution in [0.3, 0.4) is 0 Å². The Hall–Kier alpha value is -0.320. The van der Waals surface area contributed by atoms with Gasteiger partial charge in [0, 0.05) is 19.1 Å². The van der Waals surface area contributed by atoms with Crippen molar-refractivity contribution >= 4 is 18.3 Å². The van der Waals surface area contributed by atoms with Crippen LogP contribution in [0.5, 0.6) is 0 Å². The van der Waals surface area contributed by atoms with Crippen molar-refractivity contribution in [3.8, 4) is 0 Å². The van der Waals surface area contributed by atoms with Gasteiger partial charge in [-0.05, 0) is 34.0 Å². The summed E-state index contributed by atoms with van der Waals surface area (Å²) in [5, 5.41) is 2.95.